The third-order valence-electron chi connectivity index (χ3n) is 5.37. The number of methoxy groups -OCH3 is 2. The summed E-state index contributed by atoms with van der Waals surface area (Å²) in [6.07, 6.45) is 3.14. The average molecular weight is 348 g/mol. The van der Waals surface area contributed by atoms with Crippen molar-refractivity contribution in [2.45, 2.75) is 31.8 Å². The molecule has 1 aliphatic carbocycles. The van der Waals surface area contributed by atoms with Gasteiger partial charge in [-0.2, -0.15) is 0 Å². The fourth-order valence-corrected chi connectivity index (χ4v) is 3.63. The summed E-state index contributed by atoms with van der Waals surface area (Å²) in [7, 11) is 3.28. The molecule has 1 aromatic carbocycles. The maximum atomic E-state index is 12.2. The van der Waals surface area contributed by atoms with E-state index in [0.717, 1.165) is 56.0 Å². The van der Waals surface area contributed by atoms with Crippen LogP contribution in [0.5, 0.6) is 11.5 Å². The van der Waals surface area contributed by atoms with E-state index in [1.807, 2.05) is 18.2 Å². The SMILES string of the molecule is COc1cc(CN2C[C@@H](CO)[C@H](NC(=O)C3CCC3)C2)cc(OC)c1. The Hall–Kier alpha value is -1.79. The van der Waals surface area contributed by atoms with Gasteiger partial charge in [0.25, 0.3) is 0 Å². The second-order valence-corrected chi connectivity index (χ2v) is 7.10. The number of ether oxygens (including phenoxy) is 2. The first kappa shape index (κ1) is 18.0. The van der Waals surface area contributed by atoms with Gasteiger partial charge < -0.3 is 19.9 Å². The number of carbonyl (C=O) groups excluding carboxylic acids is 1. The highest BCUT2D eigenvalue weighted by molar-refractivity contribution is 5.79. The summed E-state index contributed by atoms with van der Waals surface area (Å²) in [4.78, 5) is 14.5. The molecule has 1 aromatic rings. The van der Waals surface area contributed by atoms with Gasteiger partial charge in [0, 0.05) is 50.2 Å². The number of carbonyl (C=O) groups is 1. The van der Waals surface area contributed by atoms with Crippen LogP contribution in [0.1, 0.15) is 24.8 Å². The number of nitrogens with zero attached hydrogens (tertiary/aromatic N) is 1. The van der Waals surface area contributed by atoms with Gasteiger partial charge in [-0.05, 0) is 30.5 Å². The lowest BCUT2D eigenvalue weighted by Crippen LogP contribution is -2.45. The van der Waals surface area contributed by atoms with Crippen LogP contribution < -0.4 is 14.8 Å². The van der Waals surface area contributed by atoms with Gasteiger partial charge in [-0.15, -0.1) is 0 Å². The van der Waals surface area contributed by atoms with Crippen molar-refractivity contribution >= 4 is 5.91 Å². The number of benzene rings is 1. The van der Waals surface area contributed by atoms with Gasteiger partial charge in [0.05, 0.1) is 14.2 Å². The van der Waals surface area contributed by atoms with Crippen molar-refractivity contribution in [2.75, 3.05) is 33.9 Å². The smallest absolute Gasteiger partial charge is 0.223 e. The molecule has 2 aliphatic rings. The maximum absolute atomic E-state index is 12.2. The molecule has 0 unspecified atom stereocenters. The molecular weight excluding hydrogens is 320 g/mol. The zero-order chi connectivity index (χ0) is 17.8. The summed E-state index contributed by atoms with van der Waals surface area (Å²) in [5.74, 6) is 1.94. The van der Waals surface area contributed by atoms with E-state index in [2.05, 4.69) is 10.2 Å². The van der Waals surface area contributed by atoms with Crippen LogP contribution >= 0.6 is 0 Å². The van der Waals surface area contributed by atoms with Crippen LogP contribution in [0.15, 0.2) is 18.2 Å². The van der Waals surface area contributed by atoms with E-state index >= 15 is 0 Å². The van der Waals surface area contributed by atoms with E-state index < -0.39 is 0 Å². The Kier molecular flexibility index (Phi) is 5.81. The highest BCUT2D eigenvalue weighted by Crippen LogP contribution is 2.28. The van der Waals surface area contributed by atoms with Crippen molar-refractivity contribution in [3.63, 3.8) is 0 Å². The monoisotopic (exact) mass is 348 g/mol. The van der Waals surface area contributed by atoms with Crippen LogP contribution in [0.4, 0.5) is 0 Å². The van der Waals surface area contributed by atoms with Crippen molar-refractivity contribution in [3.8, 4) is 11.5 Å². The predicted molar refractivity (Wildman–Crippen MR) is 94.7 cm³/mol. The number of hydrogen-bond acceptors (Lipinski definition) is 5. The molecule has 0 aromatic heterocycles. The normalized spacial score (nSPS) is 24.0. The summed E-state index contributed by atoms with van der Waals surface area (Å²) in [6.45, 7) is 2.35. The second-order valence-electron chi connectivity index (χ2n) is 7.10. The van der Waals surface area contributed by atoms with E-state index in [1.54, 1.807) is 14.2 Å². The van der Waals surface area contributed by atoms with Crippen LogP contribution in [-0.2, 0) is 11.3 Å². The molecule has 1 saturated carbocycles. The molecule has 1 heterocycles. The zero-order valence-corrected chi connectivity index (χ0v) is 15.0. The zero-order valence-electron chi connectivity index (χ0n) is 15.0. The molecule has 6 nitrogen and oxygen atoms in total. The Morgan fingerprint density at radius 1 is 1.20 bits per heavy atom. The molecule has 0 spiro atoms. The highest BCUT2D eigenvalue weighted by atomic mass is 16.5. The van der Waals surface area contributed by atoms with Gasteiger partial charge in [-0.1, -0.05) is 6.42 Å². The van der Waals surface area contributed by atoms with Gasteiger partial charge in [0.15, 0.2) is 0 Å². The molecule has 1 saturated heterocycles. The van der Waals surface area contributed by atoms with Crippen LogP contribution in [-0.4, -0.2) is 55.9 Å². The second kappa shape index (κ2) is 8.06. The third kappa shape index (κ3) is 4.25. The Bertz CT molecular complexity index is 581. The van der Waals surface area contributed by atoms with Crippen molar-refractivity contribution < 1.29 is 19.4 Å². The van der Waals surface area contributed by atoms with Crippen LogP contribution in [0, 0.1) is 11.8 Å². The summed E-state index contributed by atoms with van der Waals surface area (Å²) in [5, 5.41) is 12.8. The van der Waals surface area contributed by atoms with E-state index in [0.29, 0.717) is 0 Å². The largest absolute Gasteiger partial charge is 0.497 e. The molecule has 3 rings (SSSR count). The van der Waals surface area contributed by atoms with Crippen LogP contribution in [0.25, 0.3) is 0 Å². The number of hydrogen-bond donors (Lipinski definition) is 2. The predicted octanol–water partition coefficient (Wildman–Crippen LogP) is 1.41. The lowest BCUT2D eigenvalue weighted by atomic mass is 9.84. The number of aliphatic hydroxyl groups is 1. The molecule has 0 radical (unpaired) electrons. The highest BCUT2D eigenvalue weighted by Gasteiger charge is 2.35. The third-order valence-corrected chi connectivity index (χ3v) is 5.37. The Morgan fingerprint density at radius 2 is 1.88 bits per heavy atom. The van der Waals surface area contributed by atoms with Crippen LogP contribution in [0.3, 0.4) is 0 Å². The van der Waals surface area contributed by atoms with Crippen molar-refractivity contribution in [2.24, 2.45) is 11.8 Å². The molecular formula is C19H28N2O4. The maximum Gasteiger partial charge on any atom is 0.223 e. The number of nitrogens with one attached hydrogen (secondary N) is 1. The first-order chi connectivity index (χ1) is 12.1. The minimum atomic E-state index is 0.0191. The van der Waals surface area contributed by atoms with Gasteiger partial charge in [0.1, 0.15) is 11.5 Å². The number of rotatable bonds is 7. The standard InChI is InChI=1S/C19H28N2O4/c1-24-16-6-13(7-17(8-16)25-2)9-21-10-15(12-22)18(11-21)20-19(23)14-4-3-5-14/h6-8,14-15,18,22H,3-5,9-12H2,1-2H3,(H,20,23)/t15-,18+/m0/s1. The number of amides is 1. The van der Waals surface area contributed by atoms with Crippen molar-refractivity contribution in [3.05, 3.63) is 23.8 Å². The van der Waals surface area contributed by atoms with Crippen LogP contribution in [0.2, 0.25) is 0 Å². The minimum absolute atomic E-state index is 0.0191. The van der Waals surface area contributed by atoms with Gasteiger partial charge in [-0.25, -0.2) is 0 Å². The first-order valence-electron chi connectivity index (χ1n) is 8.98. The molecule has 1 amide bonds. The minimum Gasteiger partial charge on any atom is -0.497 e. The topological polar surface area (TPSA) is 71.0 Å². The van der Waals surface area contributed by atoms with Crippen molar-refractivity contribution in [1.82, 2.24) is 10.2 Å². The fraction of sp³-hybridized carbons (Fsp3) is 0.632. The summed E-state index contributed by atoms with van der Waals surface area (Å²) in [5.41, 5.74) is 1.10. The molecule has 6 heteroatoms. The van der Waals surface area contributed by atoms with E-state index in [4.69, 9.17) is 9.47 Å². The van der Waals surface area contributed by atoms with E-state index in [9.17, 15) is 9.90 Å². The molecule has 1 aliphatic heterocycles. The van der Waals surface area contributed by atoms with E-state index in [-0.39, 0.29) is 30.4 Å². The summed E-state index contributed by atoms with van der Waals surface area (Å²) in [6, 6.07) is 5.87. The van der Waals surface area contributed by atoms with Gasteiger partial charge >= 0.3 is 0 Å². The number of likely N-dealkylation sites (tertiary alicyclic amines) is 1. The van der Waals surface area contributed by atoms with Gasteiger partial charge in [0.2, 0.25) is 5.91 Å². The molecule has 2 atom stereocenters. The summed E-state index contributed by atoms with van der Waals surface area (Å²) < 4.78 is 10.7. The molecule has 25 heavy (non-hydrogen) atoms. The Labute approximate surface area is 149 Å². The lowest BCUT2D eigenvalue weighted by Gasteiger charge is -2.27. The number of aliphatic hydroxyl groups excluding tert-OH is 1. The molecule has 2 N–H and O–H groups in total. The Morgan fingerprint density at radius 3 is 2.40 bits per heavy atom. The van der Waals surface area contributed by atoms with Gasteiger partial charge in [-0.3, -0.25) is 9.69 Å². The quantitative estimate of drug-likeness (QED) is 0.780. The molecule has 138 valence electrons. The fourth-order valence-electron chi connectivity index (χ4n) is 3.63. The van der Waals surface area contributed by atoms with Crippen molar-refractivity contribution in [1.29, 1.82) is 0 Å². The molecule has 0 bridgehead atoms. The summed E-state index contributed by atoms with van der Waals surface area (Å²) >= 11 is 0. The Balaban J connectivity index is 1.62. The lowest BCUT2D eigenvalue weighted by molar-refractivity contribution is -0.128. The average Bonchev–Trinajstić information content (AvgIpc) is 2.93. The molecule has 2 fully saturated rings. The van der Waals surface area contributed by atoms with E-state index in [1.165, 1.54) is 0 Å². The first-order valence-corrected chi connectivity index (χ1v) is 8.98.